The van der Waals surface area contributed by atoms with Crippen molar-refractivity contribution in [1.29, 1.82) is 0 Å². The average Bonchev–Trinajstić information content (AvgIpc) is 2.70. The fourth-order valence-corrected chi connectivity index (χ4v) is 4.31. The van der Waals surface area contributed by atoms with Gasteiger partial charge >= 0.3 is 0 Å². The summed E-state index contributed by atoms with van der Waals surface area (Å²) in [5.41, 5.74) is 4.16. The van der Waals surface area contributed by atoms with Crippen LogP contribution >= 0.6 is 0 Å². The minimum atomic E-state index is -0.0450. The van der Waals surface area contributed by atoms with E-state index in [2.05, 4.69) is 51.6 Å². The number of amides is 2. The quantitative estimate of drug-likeness (QED) is 0.673. The zero-order valence-electron chi connectivity index (χ0n) is 18.9. The molecule has 1 aliphatic heterocycles. The van der Waals surface area contributed by atoms with Gasteiger partial charge in [0.25, 0.3) is 0 Å². The van der Waals surface area contributed by atoms with Crippen LogP contribution in [0.2, 0.25) is 0 Å². The van der Waals surface area contributed by atoms with Gasteiger partial charge in [-0.3, -0.25) is 19.4 Å². The lowest BCUT2D eigenvalue weighted by atomic mass is 10.0. The minimum absolute atomic E-state index is 0.0443. The molecule has 0 bridgehead atoms. The predicted molar refractivity (Wildman–Crippen MR) is 126 cm³/mol. The van der Waals surface area contributed by atoms with Gasteiger partial charge in [-0.05, 0) is 41.8 Å². The molecule has 0 aromatic heterocycles. The van der Waals surface area contributed by atoms with E-state index >= 15 is 0 Å². The largest absolute Gasteiger partial charge is 0.326 e. The average molecular weight is 423 g/mol. The summed E-state index contributed by atoms with van der Waals surface area (Å²) in [7, 11) is 0. The molecule has 0 spiro atoms. The Bertz CT molecular complexity index is 899. The van der Waals surface area contributed by atoms with Gasteiger partial charge in [0, 0.05) is 64.0 Å². The fraction of sp³-hybridized carbons (Fsp3) is 0.440. The van der Waals surface area contributed by atoms with Crippen LogP contribution in [0.5, 0.6) is 0 Å². The molecule has 1 atom stereocenters. The summed E-state index contributed by atoms with van der Waals surface area (Å²) in [6.07, 6.45) is 2.31. The lowest BCUT2D eigenvalue weighted by Gasteiger charge is -2.41. The first-order valence-corrected chi connectivity index (χ1v) is 11.1. The Morgan fingerprint density at radius 3 is 2.03 bits per heavy atom. The zero-order valence-corrected chi connectivity index (χ0v) is 18.9. The number of rotatable bonds is 8. The Morgan fingerprint density at radius 1 is 0.903 bits per heavy atom. The number of benzene rings is 2. The van der Waals surface area contributed by atoms with E-state index in [0.717, 1.165) is 56.9 Å². The summed E-state index contributed by atoms with van der Waals surface area (Å²) >= 11 is 0. The molecule has 1 unspecified atom stereocenters. The summed E-state index contributed by atoms with van der Waals surface area (Å²) in [5, 5.41) is 5.75. The Morgan fingerprint density at radius 2 is 1.48 bits per heavy atom. The van der Waals surface area contributed by atoms with E-state index in [9.17, 15) is 9.59 Å². The monoisotopic (exact) mass is 422 g/mol. The van der Waals surface area contributed by atoms with Gasteiger partial charge in [-0.1, -0.05) is 37.6 Å². The molecule has 6 heteroatoms. The second-order valence-corrected chi connectivity index (χ2v) is 8.41. The minimum Gasteiger partial charge on any atom is -0.326 e. The molecule has 2 amide bonds. The summed E-state index contributed by atoms with van der Waals surface area (Å²) < 4.78 is 0. The smallest absolute Gasteiger partial charge is 0.221 e. The van der Waals surface area contributed by atoms with Gasteiger partial charge in [-0.2, -0.15) is 0 Å². The van der Waals surface area contributed by atoms with E-state index < -0.39 is 0 Å². The number of carbonyl (C=O) groups is 2. The van der Waals surface area contributed by atoms with Crippen LogP contribution in [0.1, 0.15) is 44.7 Å². The summed E-state index contributed by atoms with van der Waals surface area (Å²) in [6, 6.07) is 16.8. The van der Waals surface area contributed by atoms with Crippen LogP contribution in [0.25, 0.3) is 0 Å². The Kier molecular flexibility index (Phi) is 8.20. The molecular formula is C25H34N4O2. The predicted octanol–water partition coefficient (Wildman–Crippen LogP) is 4.09. The summed E-state index contributed by atoms with van der Waals surface area (Å²) in [5.74, 6) is -0.0893. The van der Waals surface area contributed by atoms with Crippen molar-refractivity contribution in [3.8, 4) is 0 Å². The van der Waals surface area contributed by atoms with Crippen molar-refractivity contribution in [2.24, 2.45) is 0 Å². The third-order valence-corrected chi connectivity index (χ3v) is 5.60. The maximum Gasteiger partial charge on any atom is 0.221 e. The second-order valence-electron chi connectivity index (χ2n) is 8.41. The molecule has 3 rings (SSSR count). The molecule has 6 nitrogen and oxygen atoms in total. The van der Waals surface area contributed by atoms with E-state index in [-0.39, 0.29) is 11.8 Å². The van der Waals surface area contributed by atoms with E-state index in [1.807, 2.05) is 24.3 Å². The fourth-order valence-electron chi connectivity index (χ4n) is 4.31. The molecule has 0 aliphatic carbocycles. The lowest BCUT2D eigenvalue weighted by molar-refractivity contribution is -0.115. The number of anilines is 2. The molecule has 2 aromatic carbocycles. The Hall–Kier alpha value is -2.70. The highest BCUT2D eigenvalue weighted by atomic mass is 16.2. The van der Waals surface area contributed by atoms with Crippen molar-refractivity contribution in [1.82, 2.24) is 9.80 Å². The third-order valence-electron chi connectivity index (χ3n) is 5.60. The summed E-state index contributed by atoms with van der Waals surface area (Å²) in [4.78, 5) is 27.8. The van der Waals surface area contributed by atoms with Crippen molar-refractivity contribution >= 4 is 23.2 Å². The van der Waals surface area contributed by atoms with Crippen molar-refractivity contribution in [2.45, 2.75) is 52.7 Å². The van der Waals surface area contributed by atoms with Crippen molar-refractivity contribution in [3.63, 3.8) is 0 Å². The number of hydrogen-bond donors (Lipinski definition) is 2. The molecule has 2 aromatic rings. The molecule has 2 N–H and O–H groups in total. The van der Waals surface area contributed by atoms with Gasteiger partial charge in [0.2, 0.25) is 11.8 Å². The molecule has 1 heterocycles. The third kappa shape index (κ3) is 7.19. The van der Waals surface area contributed by atoms with Crippen LogP contribution in [0.15, 0.2) is 48.5 Å². The van der Waals surface area contributed by atoms with E-state index in [1.54, 1.807) is 0 Å². The van der Waals surface area contributed by atoms with E-state index in [1.165, 1.54) is 25.0 Å². The van der Waals surface area contributed by atoms with Crippen molar-refractivity contribution < 1.29 is 9.59 Å². The molecule has 0 radical (unpaired) electrons. The highest BCUT2D eigenvalue weighted by Crippen LogP contribution is 2.21. The molecule has 0 saturated carbocycles. The van der Waals surface area contributed by atoms with Crippen LogP contribution < -0.4 is 10.6 Å². The molecule has 166 valence electrons. The van der Waals surface area contributed by atoms with Crippen LogP contribution in [0, 0.1) is 0 Å². The van der Waals surface area contributed by atoms with Gasteiger partial charge < -0.3 is 10.6 Å². The van der Waals surface area contributed by atoms with Crippen LogP contribution in [0.3, 0.4) is 0 Å². The number of carbonyl (C=O) groups excluding carboxylic acids is 2. The number of piperazine rings is 1. The van der Waals surface area contributed by atoms with Gasteiger partial charge in [0.1, 0.15) is 0 Å². The van der Waals surface area contributed by atoms with Crippen molar-refractivity contribution in [2.75, 3.05) is 30.3 Å². The normalized spacial score (nSPS) is 17.3. The highest BCUT2D eigenvalue weighted by Gasteiger charge is 2.26. The molecule has 31 heavy (non-hydrogen) atoms. The van der Waals surface area contributed by atoms with Gasteiger partial charge in [-0.25, -0.2) is 0 Å². The molecule has 1 aliphatic rings. The molecule has 1 fully saturated rings. The number of hydrogen-bond acceptors (Lipinski definition) is 4. The molecule has 1 saturated heterocycles. The first-order chi connectivity index (χ1) is 14.9. The SMILES string of the molecule is CCCC1CN(Cc2cccc(NC(C)=O)c2)CCN1Cc1cccc(NC(C)=O)c1. The van der Waals surface area contributed by atoms with Gasteiger partial charge in [0.05, 0.1) is 0 Å². The first-order valence-electron chi connectivity index (χ1n) is 11.1. The lowest BCUT2D eigenvalue weighted by Crippen LogP contribution is -2.52. The van der Waals surface area contributed by atoms with Crippen LogP contribution in [-0.2, 0) is 22.7 Å². The second kappa shape index (κ2) is 11.1. The summed E-state index contributed by atoms with van der Waals surface area (Å²) in [6.45, 7) is 10.1. The van der Waals surface area contributed by atoms with Gasteiger partial charge in [-0.15, -0.1) is 0 Å². The topological polar surface area (TPSA) is 64.7 Å². The number of nitrogens with zero attached hydrogens (tertiary/aromatic N) is 2. The molecular weight excluding hydrogens is 388 g/mol. The standard InChI is InChI=1S/C25H34N4O2/c1-4-7-25-18-28(16-21-8-5-10-23(14-21)26-19(2)30)12-13-29(25)17-22-9-6-11-24(15-22)27-20(3)31/h5-6,8-11,14-15,25H,4,7,12-13,16-18H2,1-3H3,(H,26,30)(H,27,31). The Balaban J connectivity index is 1.63. The van der Waals surface area contributed by atoms with Crippen molar-refractivity contribution in [3.05, 3.63) is 59.7 Å². The first kappa shape index (κ1) is 23.0. The Labute approximate surface area is 185 Å². The maximum absolute atomic E-state index is 11.4. The maximum atomic E-state index is 11.4. The van der Waals surface area contributed by atoms with E-state index in [4.69, 9.17) is 0 Å². The van der Waals surface area contributed by atoms with E-state index in [0.29, 0.717) is 6.04 Å². The number of nitrogens with one attached hydrogen (secondary N) is 2. The van der Waals surface area contributed by atoms with Crippen LogP contribution in [0.4, 0.5) is 11.4 Å². The van der Waals surface area contributed by atoms with Gasteiger partial charge in [0.15, 0.2) is 0 Å². The zero-order chi connectivity index (χ0) is 22.2. The van der Waals surface area contributed by atoms with Crippen LogP contribution in [-0.4, -0.2) is 47.3 Å². The highest BCUT2D eigenvalue weighted by molar-refractivity contribution is 5.89.